The lowest BCUT2D eigenvalue weighted by Crippen LogP contribution is -2.30. The second kappa shape index (κ2) is 7.54. The number of amides is 2. The maximum Gasteiger partial charge on any atom is 0.300 e. The van der Waals surface area contributed by atoms with E-state index in [-0.39, 0.29) is 12.3 Å². The van der Waals surface area contributed by atoms with Crippen molar-refractivity contribution >= 4 is 32.8 Å². The van der Waals surface area contributed by atoms with Gasteiger partial charge in [0.15, 0.2) is 5.76 Å². The molecule has 142 valence electrons. The summed E-state index contributed by atoms with van der Waals surface area (Å²) in [5.74, 6) is -0.936. The summed E-state index contributed by atoms with van der Waals surface area (Å²) in [7, 11) is -4.41. The number of carbonyl (C=O) groups is 2. The van der Waals surface area contributed by atoms with Crippen molar-refractivity contribution in [2.24, 2.45) is 0 Å². The summed E-state index contributed by atoms with van der Waals surface area (Å²) in [5, 5.41) is 3.03. The van der Waals surface area contributed by atoms with Crippen molar-refractivity contribution in [2.45, 2.75) is 11.4 Å². The van der Waals surface area contributed by atoms with E-state index in [1.54, 1.807) is 22.9 Å². The Morgan fingerprint density at radius 3 is 2.61 bits per heavy atom. The number of hydrogen-bond acceptors (Lipinski definition) is 5. The van der Waals surface area contributed by atoms with E-state index in [2.05, 4.69) is 5.32 Å². The molecule has 0 bridgehead atoms. The Kier molecular flexibility index (Phi) is 5.15. The van der Waals surface area contributed by atoms with Gasteiger partial charge in [0.25, 0.3) is 15.9 Å². The third kappa shape index (κ3) is 4.02. The van der Waals surface area contributed by atoms with Gasteiger partial charge in [-0.2, -0.15) is 0 Å². The Bertz CT molecular complexity index is 1220. The maximum atomic E-state index is 13.7. The highest BCUT2D eigenvalue weighted by Gasteiger charge is 2.24. The average molecular weight is 400 g/mol. The Morgan fingerprint density at radius 2 is 1.89 bits per heavy atom. The minimum Gasteiger partial charge on any atom is -0.451 e. The molecule has 1 heterocycles. The predicted molar refractivity (Wildman–Crippen MR) is 97.9 cm³/mol. The minimum absolute atomic E-state index is 0.156. The topological polar surface area (TPSA) is 105 Å². The molecule has 0 radical (unpaired) electrons. The lowest BCUT2D eigenvalue weighted by molar-refractivity contribution is -0.115. The third-order valence-corrected chi connectivity index (χ3v) is 5.11. The number of carbonyl (C=O) groups excluding carboxylic acids is 2. The van der Waals surface area contributed by atoms with Gasteiger partial charge < -0.3 is 9.73 Å². The summed E-state index contributed by atoms with van der Waals surface area (Å²) in [6, 6.07) is 10.9. The largest absolute Gasteiger partial charge is 0.451 e. The average Bonchev–Trinajstić information content (AvgIpc) is 3.09. The molecule has 0 spiro atoms. The normalized spacial score (nSPS) is 11.0. The molecule has 7 nitrogen and oxygen atoms in total. The Balaban J connectivity index is 1.81. The van der Waals surface area contributed by atoms with E-state index >= 15 is 0 Å². The number of fused-ring (bicyclic) bond motifs is 1. The first kappa shape index (κ1) is 19.1. The van der Waals surface area contributed by atoms with Crippen molar-refractivity contribution in [3.63, 3.8) is 0 Å². The van der Waals surface area contributed by atoms with Crippen molar-refractivity contribution in [3.8, 4) is 12.3 Å². The number of furan rings is 1. The molecule has 2 aromatic carbocycles. The van der Waals surface area contributed by atoms with E-state index in [9.17, 15) is 22.4 Å². The van der Waals surface area contributed by atoms with Crippen LogP contribution in [0.25, 0.3) is 11.0 Å². The molecule has 0 saturated heterocycles. The van der Waals surface area contributed by atoms with Gasteiger partial charge in [-0.1, -0.05) is 24.3 Å². The van der Waals surface area contributed by atoms with Crippen molar-refractivity contribution in [2.75, 3.05) is 0 Å². The fraction of sp³-hybridized carbons (Fsp3) is 0.0526. The molecule has 0 atom stereocenters. The van der Waals surface area contributed by atoms with E-state index in [4.69, 9.17) is 10.8 Å². The van der Waals surface area contributed by atoms with Gasteiger partial charge in [0, 0.05) is 11.9 Å². The van der Waals surface area contributed by atoms with Gasteiger partial charge in [0.05, 0.1) is 0 Å². The highest BCUT2D eigenvalue weighted by molar-refractivity contribution is 7.90. The van der Waals surface area contributed by atoms with Crippen LogP contribution in [0.2, 0.25) is 0 Å². The summed E-state index contributed by atoms with van der Waals surface area (Å²) in [6.45, 7) is 0.156. The number of halogens is 1. The van der Waals surface area contributed by atoms with Crippen LogP contribution in [0.15, 0.2) is 57.8 Å². The molecule has 0 aliphatic rings. The number of terminal acetylenes is 1. The predicted octanol–water partition coefficient (Wildman–Crippen LogP) is 1.94. The molecule has 3 rings (SSSR count). The van der Waals surface area contributed by atoms with Crippen LogP contribution in [-0.2, 0) is 21.4 Å². The van der Waals surface area contributed by atoms with Crippen LogP contribution in [0.5, 0.6) is 0 Å². The second-order valence-corrected chi connectivity index (χ2v) is 7.33. The molecule has 9 heteroatoms. The van der Waals surface area contributed by atoms with Gasteiger partial charge >= 0.3 is 5.91 Å². The molecule has 28 heavy (non-hydrogen) atoms. The van der Waals surface area contributed by atoms with E-state index in [0.29, 0.717) is 16.5 Å². The van der Waals surface area contributed by atoms with E-state index in [1.165, 1.54) is 18.2 Å². The molecule has 3 aromatic rings. The number of hydrogen-bond donors (Lipinski definition) is 2. The van der Waals surface area contributed by atoms with Crippen molar-refractivity contribution < 1.29 is 26.8 Å². The molecular weight excluding hydrogens is 387 g/mol. The molecule has 0 aliphatic heterocycles. The summed E-state index contributed by atoms with van der Waals surface area (Å²) >= 11 is 0. The fourth-order valence-corrected chi connectivity index (χ4v) is 3.46. The quantitative estimate of drug-likeness (QED) is 0.637. The molecule has 2 amide bonds. The summed E-state index contributed by atoms with van der Waals surface area (Å²) in [5.41, 5.74) is 0.970. The fourth-order valence-electron chi connectivity index (χ4n) is 2.42. The third-order valence-electron chi connectivity index (χ3n) is 3.75. The highest BCUT2D eigenvalue weighted by atomic mass is 32.2. The number of sulfonamides is 1. The van der Waals surface area contributed by atoms with Crippen molar-refractivity contribution in [1.29, 1.82) is 0 Å². The van der Waals surface area contributed by atoms with Crippen LogP contribution >= 0.6 is 0 Å². The second-order valence-electron chi connectivity index (χ2n) is 5.67. The van der Waals surface area contributed by atoms with E-state index in [0.717, 1.165) is 12.1 Å². The number of rotatable bonds is 5. The maximum absolute atomic E-state index is 13.7. The van der Waals surface area contributed by atoms with Crippen LogP contribution in [0, 0.1) is 18.2 Å². The smallest absolute Gasteiger partial charge is 0.300 e. The van der Waals surface area contributed by atoms with Gasteiger partial charge in [-0.3, -0.25) is 9.59 Å². The SMILES string of the molecule is C#CC(=O)NCc1ccc2cc(C(=O)NS(=O)(=O)c3ccccc3F)oc2c1. The summed E-state index contributed by atoms with van der Waals surface area (Å²) in [4.78, 5) is 22.7. The highest BCUT2D eigenvalue weighted by Crippen LogP contribution is 2.22. The summed E-state index contributed by atoms with van der Waals surface area (Å²) in [6.07, 6.45) is 4.97. The van der Waals surface area contributed by atoms with Crippen LogP contribution in [-0.4, -0.2) is 20.2 Å². The minimum atomic E-state index is -4.41. The van der Waals surface area contributed by atoms with Gasteiger partial charge in [-0.15, -0.1) is 6.42 Å². The van der Waals surface area contributed by atoms with Gasteiger partial charge in [0.2, 0.25) is 0 Å². The van der Waals surface area contributed by atoms with Gasteiger partial charge in [0.1, 0.15) is 16.3 Å². The van der Waals surface area contributed by atoms with Gasteiger partial charge in [-0.05, 0) is 35.7 Å². The molecule has 0 unspecified atom stereocenters. The molecular formula is C19H13FN2O5S. The molecule has 0 aliphatic carbocycles. The molecule has 0 fully saturated rings. The summed E-state index contributed by atoms with van der Waals surface area (Å²) < 4.78 is 45.3. The lowest BCUT2D eigenvalue weighted by atomic mass is 10.1. The molecule has 2 N–H and O–H groups in total. The molecule has 0 saturated carbocycles. The first-order chi connectivity index (χ1) is 13.3. The zero-order valence-electron chi connectivity index (χ0n) is 14.2. The van der Waals surface area contributed by atoms with Crippen LogP contribution in [0.4, 0.5) is 4.39 Å². The Hall–Kier alpha value is -3.64. The van der Waals surface area contributed by atoms with E-state index < -0.39 is 32.6 Å². The Labute approximate surface area is 159 Å². The van der Waals surface area contributed by atoms with E-state index in [1.807, 2.05) is 5.92 Å². The van der Waals surface area contributed by atoms with Crippen LogP contribution in [0.3, 0.4) is 0 Å². The zero-order chi connectivity index (χ0) is 20.3. The van der Waals surface area contributed by atoms with Crippen LogP contribution < -0.4 is 10.0 Å². The van der Waals surface area contributed by atoms with Crippen molar-refractivity contribution in [3.05, 3.63) is 65.7 Å². The monoisotopic (exact) mass is 400 g/mol. The lowest BCUT2D eigenvalue weighted by Gasteiger charge is -2.06. The van der Waals surface area contributed by atoms with Gasteiger partial charge in [-0.25, -0.2) is 17.5 Å². The van der Waals surface area contributed by atoms with Crippen LogP contribution in [0.1, 0.15) is 16.1 Å². The standard InChI is InChI=1S/C19H13FN2O5S/c1-2-18(23)21-11-12-7-8-13-10-16(27-15(13)9-12)19(24)22-28(25,26)17-6-4-3-5-14(17)20/h1,3-10H,11H2,(H,21,23)(H,22,24). The molecule has 1 aromatic heterocycles. The zero-order valence-corrected chi connectivity index (χ0v) is 15.0. The first-order valence-corrected chi connectivity index (χ1v) is 9.37. The van der Waals surface area contributed by atoms with Crippen molar-refractivity contribution in [1.82, 2.24) is 10.0 Å². The number of nitrogens with one attached hydrogen (secondary N) is 2. The first-order valence-electron chi connectivity index (χ1n) is 7.89. The Morgan fingerprint density at radius 1 is 1.14 bits per heavy atom. The number of benzene rings is 2.